The van der Waals surface area contributed by atoms with Gasteiger partial charge in [0.25, 0.3) is 0 Å². The third kappa shape index (κ3) is 18.4. The Hall–Kier alpha value is -2.21. The Morgan fingerprint density at radius 3 is 2.22 bits per heavy atom. The summed E-state index contributed by atoms with van der Waals surface area (Å²) in [6.07, 6.45) is 24.8. The molecule has 0 aliphatic rings. The molecule has 0 aromatic rings. The number of allylic oxidation sites excluding steroid dienone is 8. The fourth-order valence-corrected chi connectivity index (χ4v) is 1.97. The standard InChI is InChI=1S/C22H32O5/c1-2-3-10-15-20(23)16-11-7-5-4-6-8-12-17-21(27-26)18-13-9-14-19-22(24)25/h3,5-13,16-17,20-21,23,26H,2,4,14-15,18-19H2,1H3,(H,24,25)/t20-,21+/m1/s1. The van der Waals surface area contributed by atoms with Crippen molar-refractivity contribution in [2.75, 3.05) is 0 Å². The lowest BCUT2D eigenvalue weighted by molar-refractivity contribution is -0.264. The molecule has 27 heavy (non-hydrogen) atoms. The minimum absolute atomic E-state index is 0.0945. The van der Waals surface area contributed by atoms with Crippen LogP contribution < -0.4 is 0 Å². The lowest BCUT2D eigenvalue weighted by Crippen LogP contribution is -2.05. The van der Waals surface area contributed by atoms with Crippen LogP contribution in [0.5, 0.6) is 0 Å². The molecule has 0 bridgehead atoms. The molecular weight excluding hydrogens is 344 g/mol. The van der Waals surface area contributed by atoms with Gasteiger partial charge in [-0.05, 0) is 32.1 Å². The summed E-state index contributed by atoms with van der Waals surface area (Å²) in [5, 5.41) is 27.0. The zero-order valence-electron chi connectivity index (χ0n) is 16.0. The largest absolute Gasteiger partial charge is 0.481 e. The number of aliphatic hydroxyl groups excluding tert-OH is 1. The number of aliphatic hydroxyl groups is 1. The van der Waals surface area contributed by atoms with Crippen LogP contribution in [0.2, 0.25) is 0 Å². The van der Waals surface area contributed by atoms with Crippen LogP contribution in [0.4, 0.5) is 0 Å². The molecule has 5 heteroatoms. The van der Waals surface area contributed by atoms with E-state index in [1.54, 1.807) is 30.4 Å². The minimum atomic E-state index is -0.829. The number of hydrogen-bond donors (Lipinski definition) is 3. The van der Waals surface area contributed by atoms with E-state index in [4.69, 9.17) is 10.4 Å². The predicted molar refractivity (Wildman–Crippen MR) is 109 cm³/mol. The third-order valence-electron chi connectivity index (χ3n) is 3.40. The molecule has 0 unspecified atom stereocenters. The summed E-state index contributed by atoms with van der Waals surface area (Å²) in [6.45, 7) is 2.06. The Kier molecular flexibility index (Phi) is 17.1. The van der Waals surface area contributed by atoms with Crippen molar-refractivity contribution in [1.82, 2.24) is 0 Å². The van der Waals surface area contributed by atoms with Crippen molar-refractivity contribution in [1.29, 1.82) is 0 Å². The van der Waals surface area contributed by atoms with Crippen LogP contribution >= 0.6 is 0 Å². The number of carboxylic acids is 1. The fourth-order valence-electron chi connectivity index (χ4n) is 1.97. The maximum absolute atomic E-state index is 10.4. The van der Waals surface area contributed by atoms with Crippen LogP contribution in [0, 0.1) is 0 Å². The molecule has 0 rings (SSSR count). The molecule has 2 atom stereocenters. The van der Waals surface area contributed by atoms with Crippen LogP contribution in [0.15, 0.2) is 72.9 Å². The number of hydrogen-bond acceptors (Lipinski definition) is 4. The van der Waals surface area contributed by atoms with Crippen molar-refractivity contribution in [2.24, 2.45) is 0 Å². The van der Waals surface area contributed by atoms with E-state index in [0.717, 1.165) is 12.8 Å². The maximum atomic E-state index is 10.4. The average Bonchev–Trinajstić information content (AvgIpc) is 2.64. The highest BCUT2D eigenvalue weighted by Gasteiger charge is 2.00. The van der Waals surface area contributed by atoms with Crippen molar-refractivity contribution in [2.45, 2.75) is 57.7 Å². The van der Waals surface area contributed by atoms with Gasteiger partial charge in [-0.1, -0.05) is 79.8 Å². The van der Waals surface area contributed by atoms with E-state index in [1.165, 1.54) is 0 Å². The van der Waals surface area contributed by atoms with E-state index in [9.17, 15) is 9.90 Å². The summed E-state index contributed by atoms with van der Waals surface area (Å²) in [5.41, 5.74) is 0. The highest BCUT2D eigenvalue weighted by atomic mass is 17.1. The molecule has 0 saturated heterocycles. The molecule has 0 fully saturated rings. The van der Waals surface area contributed by atoms with Crippen LogP contribution in [0.25, 0.3) is 0 Å². The van der Waals surface area contributed by atoms with Gasteiger partial charge in [0.05, 0.1) is 6.10 Å². The van der Waals surface area contributed by atoms with Crippen LogP contribution in [0.3, 0.4) is 0 Å². The van der Waals surface area contributed by atoms with Gasteiger partial charge < -0.3 is 10.2 Å². The fraction of sp³-hybridized carbons (Fsp3) is 0.409. The van der Waals surface area contributed by atoms with E-state index in [1.807, 2.05) is 42.5 Å². The Morgan fingerprint density at radius 1 is 0.926 bits per heavy atom. The monoisotopic (exact) mass is 376 g/mol. The van der Waals surface area contributed by atoms with Crippen molar-refractivity contribution < 1.29 is 25.2 Å². The summed E-state index contributed by atoms with van der Waals surface area (Å²) in [7, 11) is 0. The average molecular weight is 376 g/mol. The summed E-state index contributed by atoms with van der Waals surface area (Å²) in [5.74, 6) is -0.829. The van der Waals surface area contributed by atoms with Gasteiger partial charge in [0.15, 0.2) is 0 Å². The molecule has 3 N–H and O–H groups in total. The van der Waals surface area contributed by atoms with Gasteiger partial charge in [-0.25, -0.2) is 4.89 Å². The SMILES string of the molecule is CCC=CC[C@@H](O)C=CC=CCC=CC=C[C@@H](CC=CCCC(=O)O)OO. The Labute approximate surface area is 162 Å². The van der Waals surface area contributed by atoms with Gasteiger partial charge in [-0.15, -0.1) is 0 Å². The minimum Gasteiger partial charge on any atom is -0.481 e. The zero-order valence-corrected chi connectivity index (χ0v) is 16.0. The van der Waals surface area contributed by atoms with Crippen LogP contribution in [0.1, 0.15) is 45.4 Å². The number of aliphatic carboxylic acids is 1. The Morgan fingerprint density at radius 2 is 1.59 bits per heavy atom. The van der Waals surface area contributed by atoms with Crippen LogP contribution in [-0.2, 0) is 9.68 Å². The van der Waals surface area contributed by atoms with Crippen molar-refractivity contribution in [3.63, 3.8) is 0 Å². The first-order valence-corrected chi connectivity index (χ1v) is 9.26. The number of carboxylic acid groups (broad SMARTS) is 1. The molecule has 0 aliphatic heterocycles. The zero-order chi connectivity index (χ0) is 20.2. The van der Waals surface area contributed by atoms with Gasteiger partial charge in [0, 0.05) is 6.42 Å². The topological polar surface area (TPSA) is 87.0 Å². The summed E-state index contributed by atoms with van der Waals surface area (Å²) in [4.78, 5) is 14.7. The quantitative estimate of drug-likeness (QED) is 0.162. The van der Waals surface area contributed by atoms with E-state index in [0.29, 0.717) is 19.3 Å². The van der Waals surface area contributed by atoms with Crippen molar-refractivity contribution in [3.05, 3.63) is 72.9 Å². The highest BCUT2D eigenvalue weighted by molar-refractivity contribution is 5.66. The normalized spacial score (nSPS) is 15.4. The van der Waals surface area contributed by atoms with Crippen molar-refractivity contribution >= 4 is 5.97 Å². The molecule has 0 aliphatic carbocycles. The molecule has 5 nitrogen and oxygen atoms in total. The third-order valence-corrected chi connectivity index (χ3v) is 3.40. The molecule has 0 amide bonds. The lowest BCUT2D eigenvalue weighted by Gasteiger charge is -2.04. The van der Waals surface area contributed by atoms with Gasteiger partial charge in [0.2, 0.25) is 0 Å². The summed E-state index contributed by atoms with van der Waals surface area (Å²) >= 11 is 0. The van der Waals surface area contributed by atoms with Crippen molar-refractivity contribution in [3.8, 4) is 0 Å². The van der Waals surface area contributed by atoms with Gasteiger partial charge in [0.1, 0.15) is 6.10 Å². The molecule has 0 aromatic heterocycles. The van der Waals surface area contributed by atoms with Gasteiger partial charge >= 0.3 is 5.97 Å². The van der Waals surface area contributed by atoms with Gasteiger partial charge in [-0.2, -0.15) is 0 Å². The van der Waals surface area contributed by atoms with E-state index in [-0.39, 0.29) is 6.42 Å². The lowest BCUT2D eigenvalue weighted by atomic mass is 10.2. The molecule has 150 valence electrons. The first kappa shape index (κ1) is 24.8. The Balaban J connectivity index is 4.00. The highest BCUT2D eigenvalue weighted by Crippen LogP contribution is 2.03. The van der Waals surface area contributed by atoms with E-state index in [2.05, 4.69) is 11.8 Å². The molecule has 0 saturated carbocycles. The number of rotatable bonds is 15. The first-order chi connectivity index (χ1) is 13.1. The van der Waals surface area contributed by atoms with Gasteiger partial charge in [-0.3, -0.25) is 10.1 Å². The molecular formula is C22H32O5. The molecule has 0 aromatic carbocycles. The van der Waals surface area contributed by atoms with E-state index < -0.39 is 18.2 Å². The smallest absolute Gasteiger partial charge is 0.303 e. The summed E-state index contributed by atoms with van der Waals surface area (Å²) in [6, 6.07) is 0. The van der Waals surface area contributed by atoms with Crippen LogP contribution in [-0.4, -0.2) is 33.6 Å². The molecule has 0 heterocycles. The second-order valence-electron chi connectivity index (χ2n) is 5.83. The number of carbonyl (C=O) groups is 1. The molecule has 0 spiro atoms. The van der Waals surface area contributed by atoms with E-state index >= 15 is 0 Å². The predicted octanol–water partition coefficient (Wildman–Crippen LogP) is 4.99. The first-order valence-electron chi connectivity index (χ1n) is 9.26. The second kappa shape index (κ2) is 18.6. The summed E-state index contributed by atoms with van der Waals surface area (Å²) < 4.78 is 0. The molecule has 0 radical (unpaired) electrons. The maximum Gasteiger partial charge on any atom is 0.303 e. The second-order valence-corrected chi connectivity index (χ2v) is 5.83. The Bertz CT molecular complexity index is 541.